The van der Waals surface area contributed by atoms with Gasteiger partial charge in [0, 0.05) is 23.7 Å². The Morgan fingerprint density at radius 3 is 2.65 bits per heavy atom. The van der Waals surface area contributed by atoms with Gasteiger partial charge in [-0.1, -0.05) is 0 Å². The highest BCUT2D eigenvalue weighted by molar-refractivity contribution is 7.09. The van der Waals surface area contributed by atoms with E-state index in [4.69, 9.17) is 0 Å². The number of thiazole rings is 1. The average molecular weight is 299 g/mol. The summed E-state index contributed by atoms with van der Waals surface area (Å²) in [6, 6.07) is 1.39. The standard InChI is InChI=1S/C12H11F2N3O2S/c1-12(2,11-15-3-4-20-11)16-9-6-7(13)5-8(14)10(9)17(18)19/h3-6,16H,1-2H3. The zero-order valence-corrected chi connectivity index (χ0v) is 11.5. The highest BCUT2D eigenvalue weighted by Crippen LogP contribution is 2.34. The van der Waals surface area contributed by atoms with E-state index in [1.807, 2.05) is 0 Å². The van der Waals surface area contributed by atoms with Gasteiger partial charge in [-0.15, -0.1) is 11.3 Å². The zero-order valence-electron chi connectivity index (χ0n) is 10.7. The third-order valence-corrected chi connectivity index (χ3v) is 3.72. The number of nitrogens with one attached hydrogen (secondary N) is 1. The van der Waals surface area contributed by atoms with E-state index < -0.39 is 27.8 Å². The fourth-order valence-electron chi connectivity index (χ4n) is 1.77. The Morgan fingerprint density at radius 2 is 2.10 bits per heavy atom. The summed E-state index contributed by atoms with van der Waals surface area (Å²) in [7, 11) is 0. The smallest absolute Gasteiger partial charge is 0.327 e. The maximum Gasteiger partial charge on any atom is 0.327 e. The first-order valence-electron chi connectivity index (χ1n) is 5.63. The molecule has 0 aliphatic heterocycles. The van der Waals surface area contributed by atoms with Crippen molar-refractivity contribution in [2.75, 3.05) is 5.32 Å². The Morgan fingerprint density at radius 1 is 1.40 bits per heavy atom. The summed E-state index contributed by atoms with van der Waals surface area (Å²) in [5, 5.41) is 16.1. The molecule has 0 amide bonds. The third kappa shape index (κ3) is 2.74. The number of benzene rings is 1. The second-order valence-electron chi connectivity index (χ2n) is 4.63. The molecular weight excluding hydrogens is 288 g/mol. The van der Waals surface area contributed by atoms with Crippen molar-refractivity contribution >= 4 is 22.7 Å². The SMILES string of the molecule is CC(C)(Nc1cc(F)cc(F)c1[N+](=O)[O-])c1nccs1. The van der Waals surface area contributed by atoms with Crippen LogP contribution in [-0.2, 0) is 5.54 Å². The van der Waals surface area contributed by atoms with Gasteiger partial charge in [0.15, 0.2) is 0 Å². The largest absolute Gasteiger partial charge is 0.368 e. The number of nitro benzene ring substituents is 1. The van der Waals surface area contributed by atoms with Gasteiger partial charge >= 0.3 is 5.69 Å². The normalized spacial score (nSPS) is 11.4. The summed E-state index contributed by atoms with van der Waals surface area (Å²) in [6.07, 6.45) is 1.59. The van der Waals surface area contributed by atoms with Gasteiger partial charge in [-0.05, 0) is 13.8 Å². The minimum atomic E-state index is -1.22. The van der Waals surface area contributed by atoms with Crippen LogP contribution in [0.2, 0.25) is 0 Å². The van der Waals surface area contributed by atoms with Gasteiger partial charge in [0.1, 0.15) is 16.5 Å². The first kappa shape index (κ1) is 14.3. The number of hydrogen-bond acceptors (Lipinski definition) is 5. The van der Waals surface area contributed by atoms with Crippen molar-refractivity contribution in [1.29, 1.82) is 0 Å². The summed E-state index contributed by atoms with van der Waals surface area (Å²) >= 11 is 1.34. The molecule has 2 rings (SSSR count). The fraction of sp³-hybridized carbons (Fsp3) is 0.250. The molecule has 0 spiro atoms. The van der Waals surface area contributed by atoms with Crippen molar-refractivity contribution in [3.05, 3.63) is 50.5 Å². The maximum absolute atomic E-state index is 13.5. The lowest BCUT2D eigenvalue weighted by molar-refractivity contribution is -0.386. The lowest BCUT2D eigenvalue weighted by Crippen LogP contribution is -2.28. The topological polar surface area (TPSA) is 68.1 Å². The number of halogens is 2. The molecular formula is C12H11F2N3O2S. The Hall–Kier alpha value is -2.09. The van der Waals surface area contributed by atoms with Crippen LogP contribution in [0.5, 0.6) is 0 Å². The summed E-state index contributed by atoms with van der Waals surface area (Å²) in [4.78, 5) is 14.1. The van der Waals surface area contributed by atoms with E-state index in [1.165, 1.54) is 11.3 Å². The van der Waals surface area contributed by atoms with Crippen molar-refractivity contribution in [2.45, 2.75) is 19.4 Å². The molecule has 2 aromatic rings. The Balaban J connectivity index is 2.46. The molecule has 1 aromatic carbocycles. The molecule has 0 saturated heterocycles. The monoisotopic (exact) mass is 299 g/mol. The van der Waals surface area contributed by atoms with Gasteiger partial charge in [-0.25, -0.2) is 9.37 Å². The van der Waals surface area contributed by atoms with Gasteiger partial charge in [0.05, 0.1) is 10.5 Å². The number of hydrogen-bond donors (Lipinski definition) is 1. The van der Waals surface area contributed by atoms with E-state index >= 15 is 0 Å². The van der Waals surface area contributed by atoms with Crippen LogP contribution in [0.15, 0.2) is 23.7 Å². The van der Waals surface area contributed by atoms with Crippen molar-refractivity contribution < 1.29 is 13.7 Å². The maximum atomic E-state index is 13.5. The molecule has 106 valence electrons. The lowest BCUT2D eigenvalue weighted by Gasteiger charge is -2.25. The Labute approximate surface area is 117 Å². The van der Waals surface area contributed by atoms with Gasteiger partial charge in [-0.2, -0.15) is 4.39 Å². The number of aromatic nitrogens is 1. The molecule has 1 aromatic heterocycles. The Bertz CT molecular complexity index is 644. The van der Waals surface area contributed by atoms with Crippen molar-refractivity contribution in [2.24, 2.45) is 0 Å². The quantitative estimate of drug-likeness (QED) is 0.690. The Kier molecular flexibility index (Phi) is 3.67. The molecule has 0 aliphatic carbocycles. The zero-order chi connectivity index (χ0) is 14.9. The molecule has 0 unspecified atom stereocenters. The van der Waals surface area contributed by atoms with Crippen LogP contribution in [0.25, 0.3) is 0 Å². The minimum Gasteiger partial charge on any atom is -0.368 e. The summed E-state index contributed by atoms with van der Waals surface area (Å²) in [6.45, 7) is 3.44. The van der Waals surface area contributed by atoms with Crippen LogP contribution >= 0.6 is 11.3 Å². The van der Waals surface area contributed by atoms with Crippen LogP contribution in [0, 0.1) is 21.7 Å². The van der Waals surface area contributed by atoms with Gasteiger partial charge in [0.2, 0.25) is 5.82 Å². The van der Waals surface area contributed by atoms with Crippen LogP contribution in [0.3, 0.4) is 0 Å². The molecule has 5 nitrogen and oxygen atoms in total. The molecule has 1 N–H and O–H groups in total. The van der Waals surface area contributed by atoms with Crippen molar-refractivity contribution in [3.63, 3.8) is 0 Å². The molecule has 0 radical (unpaired) electrons. The number of nitro groups is 1. The molecule has 1 heterocycles. The van der Waals surface area contributed by atoms with E-state index in [0.717, 1.165) is 6.07 Å². The van der Waals surface area contributed by atoms with Gasteiger partial charge < -0.3 is 5.32 Å². The molecule has 0 atom stereocenters. The van der Waals surface area contributed by atoms with Crippen LogP contribution < -0.4 is 5.32 Å². The van der Waals surface area contributed by atoms with Crippen LogP contribution in [-0.4, -0.2) is 9.91 Å². The van der Waals surface area contributed by atoms with E-state index in [-0.39, 0.29) is 5.69 Å². The first-order chi connectivity index (χ1) is 9.31. The van der Waals surface area contributed by atoms with Gasteiger partial charge in [-0.3, -0.25) is 10.1 Å². The summed E-state index contributed by atoms with van der Waals surface area (Å²) < 4.78 is 26.8. The number of nitrogens with zero attached hydrogens (tertiary/aromatic N) is 2. The number of rotatable bonds is 4. The van der Waals surface area contributed by atoms with E-state index in [0.29, 0.717) is 11.1 Å². The molecule has 8 heteroatoms. The predicted molar refractivity (Wildman–Crippen MR) is 71.8 cm³/mol. The highest BCUT2D eigenvalue weighted by Gasteiger charge is 2.29. The van der Waals surface area contributed by atoms with E-state index in [1.54, 1.807) is 25.4 Å². The van der Waals surface area contributed by atoms with Crippen molar-refractivity contribution in [3.8, 4) is 0 Å². The molecule has 0 aliphatic rings. The third-order valence-electron chi connectivity index (χ3n) is 2.62. The first-order valence-corrected chi connectivity index (χ1v) is 6.51. The predicted octanol–water partition coefficient (Wildman–Crippen LogP) is 3.68. The number of anilines is 1. The minimum absolute atomic E-state index is 0.215. The molecule has 0 bridgehead atoms. The summed E-state index contributed by atoms with van der Waals surface area (Å²) in [5.41, 5.74) is -1.79. The molecule has 0 saturated carbocycles. The second kappa shape index (κ2) is 5.12. The van der Waals surface area contributed by atoms with Crippen molar-refractivity contribution in [1.82, 2.24) is 4.98 Å². The van der Waals surface area contributed by atoms with Crippen LogP contribution in [0.1, 0.15) is 18.9 Å². The van der Waals surface area contributed by atoms with E-state index in [9.17, 15) is 18.9 Å². The van der Waals surface area contributed by atoms with E-state index in [2.05, 4.69) is 10.3 Å². The van der Waals surface area contributed by atoms with Crippen LogP contribution in [0.4, 0.5) is 20.2 Å². The summed E-state index contributed by atoms with van der Waals surface area (Å²) in [5.74, 6) is -2.10. The molecule has 0 fully saturated rings. The second-order valence-corrected chi connectivity index (χ2v) is 5.52. The lowest BCUT2D eigenvalue weighted by atomic mass is 10.1. The average Bonchev–Trinajstić information content (AvgIpc) is 2.79. The molecule has 20 heavy (non-hydrogen) atoms. The van der Waals surface area contributed by atoms with Gasteiger partial charge in [0.25, 0.3) is 0 Å². The highest BCUT2D eigenvalue weighted by atomic mass is 32.1. The fourth-order valence-corrected chi connectivity index (χ4v) is 2.49.